The molecule has 9 nitrogen and oxygen atoms in total. The molecule has 0 saturated carbocycles. The number of amides is 1. The van der Waals surface area contributed by atoms with Gasteiger partial charge >= 0.3 is 6.09 Å². The van der Waals surface area contributed by atoms with Crippen molar-refractivity contribution in [3.05, 3.63) is 77.2 Å². The monoisotopic (exact) mass is 519 g/mol. The van der Waals surface area contributed by atoms with Gasteiger partial charge in [-0.3, -0.25) is 4.79 Å². The largest absolute Gasteiger partial charge is 0.457 e. The van der Waals surface area contributed by atoms with Crippen LogP contribution in [0.5, 0.6) is 11.5 Å². The van der Waals surface area contributed by atoms with Gasteiger partial charge in [0.2, 0.25) is 0 Å². The summed E-state index contributed by atoms with van der Waals surface area (Å²) >= 11 is 6.52. The van der Waals surface area contributed by atoms with Crippen LogP contribution in [0.3, 0.4) is 0 Å². The minimum Gasteiger partial charge on any atom is -0.457 e. The lowest BCUT2D eigenvalue weighted by molar-refractivity contribution is 0.0975. The van der Waals surface area contributed by atoms with E-state index in [9.17, 15) is 9.59 Å². The van der Waals surface area contributed by atoms with E-state index >= 15 is 0 Å². The second-order valence-corrected chi connectivity index (χ2v) is 9.07. The Morgan fingerprint density at radius 3 is 2.76 bits per heavy atom. The van der Waals surface area contributed by atoms with Crippen LogP contribution in [0.1, 0.15) is 35.7 Å². The average molecular weight is 520 g/mol. The molecule has 5 rings (SSSR count). The average Bonchev–Trinajstić information content (AvgIpc) is 3.35. The van der Waals surface area contributed by atoms with Crippen LogP contribution in [0.2, 0.25) is 5.02 Å². The molecule has 1 unspecified atom stereocenters. The minimum atomic E-state index is -0.325. The molecule has 10 heteroatoms. The van der Waals surface area contributed by atoms with Crippen LogP contribution in [-0.4, -0.2) is 57.5 Å². The number of halogens is 1. The van der Waals surface area contributed by atoms with E-state index in [1.54, 1.807) is 36.2 Å². The number of hydrogen-bond donors (Lipinski definition) is 2. The van der Waals surface area contributed by atoms with Crippen LogP contribution in [0, 0.1) is 0 Å². The number of anilines is 1. The Labute approximate surface area is 218 Å². The number of piperidine rings is 1. The zero-order valence-electron chi connectivity index (χ0n) is 20.2. The molecule has 1 amide bonds. The first kappa shape index (κ1) is 24.6. The zero-order valence-corrected chi connectivity index (χ0v) is 21.0. The number of fused-ring (bicyclic) bond motifs is 1. The molecule has 3 heterocycles. The van der Waals surface area contributed by atoms with Gasteiger partial charge < -0.3 is 24.7 Å². The van der Waals surface area contributed by atoms with Gasteiger partial charge in [0.05, 0.1) is 22.6 Å². The van der Waals surface area contributed by atoms with E-state index in [1.807, 2.05) is 30.3 Å². The van der Waals surface area contributed by atoms with Gasteiger partial charge in [-0.05, 0) is 44.0 Å². The molecule has 2 aromatic heterocycles. The molecule has 37 heavy (non-hydrogen) atoms. The Kier molecular flexibility index (Phi) is 7.23. The third-order valence-corrected chi connectivity index (χ3v) is 6.48. The fourth-order valence-electron chi connectivity index (χ4n) is 4.43. The topological polar surface area (TPSA) is 109 Å². The lowest BCUT2D eigenvalue weighted by Gasteiger charge is -2.32. The number of aromatic nitrogens is 3. The number of para-hydroxylation sites is 1. The highest BCUT2D eigenvalue weighted by Gasteiger charge is 2.27. The van der Waals surface area contributed by atoms with E-state index in [1.165, 1.54) is 6.33 Å². The third-order valence-electron chi connectivity index (χ3n) is 6.17. The van der Waals surface area contributed by atoms with E-state index in [-0.39, 0.29) is 22.9 Å². The summed E-state index contributed by atoms with van der Waals surface area (Å²) in [6.07, 6.45) is 4.40. The van der Waals surface area contributed by atoms with Crippen molar-refractivity contribution in [3.8, 4) is 11.5 Å². The van der Waals surface area contributed by atoms with E-state index < -0.39 is 0 Å². The van der Waals surface area contributed by atoms with E-state index in [0.717, 1.165) is 12.8 Å². The van der Waals surface area contributed by atoms with Crippen LogP contribution >= 0.6 is 11.6 Å². The Balaban J connectivity index is 1.39. The number of H-pyrrole nitrogens is 1. The van der Waals surface area contributed by atoms with Gasteiger partial charge in [-0.15, -0.1) is 0 Å². The van der Waals surface area contributed by atoms with Crippen LogP contribution < -0.4 is 10.1 Å². The van der Waals surface area contributed by atoms with Gasteiger partial charge in [0.1, 0.15) is 29.3 Å². The second-order valence-electron chi connectivity index (χ2n) is 8.66. The summed E-state index contributed by atoms with van der Waals surface area (Å²) in [6.45, 7) is 3.24. The van der Waals surface area contributed by atoms with Gasteiger partial charge in [-0.2, -0.15) is 0 Å². The number of carbonyl (C=O) groups is 2. The Hall–Kier alpha value is -4.11. The van der Waals surface area contributed by atoms with Crippen LogP contribution in [0.15, 0.2) is 61.1 Å². The highest BCUT2D eigenvalue weighted by Crippen LogP contribution is 2.31. The van der Waals surface area contributed by atoms with Gasteiger partial charge in [-0.1, -0.05) is 29.8 Å². The number of nitrogens with one attached hydrogen (secondary N) is 2. The molecule has 1 fully saturated rings. The summed E-state index contributed by atoms with van der Waals surface area (Å²) in [5.74, 6) is 1.45. The predicted octanol–water partition coefficient (Wildman–Crippen LogP) is 5.67. The second kappa shape index (κ2) is 10.9. The Morgan fingerprint density at radius 2 is 1.97 bits per heavy atom. The predicted molar refractivity (Wildman–Crippen MR) is 141 cm³/mol. The summed E-state index contributed by atoms with van der Waals surface area (Å²) in [7, 11) is 0. The van der Waals surface area contributed by atoms with Crippen molar-refractivity contribution in [1.82, 2.24) is 19.9 Å². The third kappa shape index (κ3) is 5.36. The highest BCUT2D eigenvalue weighted by atomic mass is 35.5. The first-order valence-corrected chi connectivity index (χ1v) is 12.5. The van der Waals surface area contributed by atoms with Gasteiger partial charge in [0.25, 0.3) is 0 Å². The first-order chi connectivity index (χ1) is 18.0. The molecule has 0 aliphatic carbocycles. The smallest absolute Gasteiger partial charge is 0.409 e. The molecule has 1 atom stereocenters. The number of ether oxygens (including phenoxy) is 2. The lowest BCUT2D eigenvalue weighted by atomic mass is 10.0. The molecule has 0 bridgehead atoms. The van der Waals surface area contributed by atoms with Crippen molar-refractivity contribution in [1.29, 1.82) is 0 Å². The van der Waals surface area contributed by atoms with Crippen molar-refractivity contribution in [3.63, 3.8) is 0 Å². The number of ketones is 1. The normalized spacial score (nSPS) is 15.4. The molecule has 1 aliphatic heterocycles. The van der Waals surface area contributed by atoms with Crippen molar-refractivity contribution in [2.45, 2.75) is 25.8 Å². The maximum Gasteiger partial charge on any atom is 0.409 e. The first-order valence-electron chi connectivity index (χ1n) is 12.1. The van der Waals surface area contributed by atoms with E-state index in [2.05, 4.69) is 20.3 Å². The molecule has 0 spiro atoms. The van der Waals surface area contributed by atoms with E-state index in [0.29, 0.717) is 59.2 Å². The van der Waals surface area contributed by atoms with Crippen molar-refractivity contribution in [2.24, 2.45) is 0 Å². The number of hydrogen-bond acceptors (Lipinski definition) is 7. The molecule has 0 radical (unpaired) electrons. The number of benzene rings is 2. The maximum absolute atomic E-state index is 13.6. The fourth-order valence-corrected chi connectivity index (χ4v) is 4.69. The summed E-state index contributed by atoms with van der Waals surface area (Å²) < 4.78 is 11.0. The Morgan fingerprint density at radius 1 is 1.14 bits per heavy atom. The van der Waals surface area contributed by atoms with Crippen molar-refractivity contribution < 1.29 is 19.1 Å². The van der Waals surface area contributed by atoms with Gasteiger partial charge in [0, 0.05) is 37.0 Å². The summed E-state index contributed by atoms with van der Waals surface area (Å²) in [4.78, 5) is 39.2. The standard InChI is InChI=1S/C27H26ClN5O4/c1-2-36-27(35)33-12-6-7-17(15-33)32-26-23-21(14-29-25(23)30-16-31-26)24(34)20-11-10-19(13-22(20)28)37-18-8-4-3-5-9-18/h3-5,8-11,13-14,16-17H,2,6-7,12,15H2,1H3,(H2,29,30,31,32). The quantitative estimate of drug-likeness (QED) is 0.303. The fraction of sp³-hybridized carbons (Fsp3) is 0.259. The summed E-state index contributed by atoms with van der Waals surface area (Å²) in [6, 6.07) is 14.3. The molecule has 1 aliphatic rings. The van der Waals surface area contributed by atoms with Crippen molar-refractivity contribution in [2.75, 3.05) is 25.0 Å². The number of likely N-dealkylation sites (tertiary alicyclic amines) is 1. The summed E-state index contributed by atoms with van der Waals surface area (Å²) in [5.41, 5.74) is 1.26. The van der Waals surface area contributed by atoms with Crippen LogP contribution in [-0.2, 0) is 4.74 Å². The number of rotatable bonds is 7. The highest BCUT2D eigenvalue weighted by molar-refractivity contribution is 6.35. The number of carbonyl (C=O) groups excluding carboxylic acids is 2. The molecular weight excluding hydrogens is 494 g/mol. The minimum absolute atomic E-state index is 0.0490. The van der Waals surface area contributed by atoms with Gasteiger partial charge in [-0.25, -0.2) is 14.8 Å². The molecule has 4 aromatic rings. The number of aromatic amines is 1. The molecule has 1 saturated heterocycles. The van der Waals surface area contributed by atoms with Crippen molar-refractivity contribution >= 4 is 40.3 Å². The van der Waals surface area contributed by atoms with E-state index in [4.69, 9.17) is 21.1 Å². The number of nitrogens with zero attached hydrogens (tertiary/aromatic N) is 3. The lowest BCUT2D eigenvalue weighted by Crippen LogP contribution is -2.45. The zero-order chi connectivity index (χ0) is 25.8. The SMILES string of the molecule is CCOC(=O)N1CCCC(Nc2ncnc3[nH]cc(C(=O)c4ccc(Oc5ccccc5)cc4Cl)c23)C1. The molecule has 190 valence electrons. The summed E-state index contributed by atoms with van der Waals surface area (Å²) in [5, 5.41) is 4.25. The Bertz CT molecular complexity index is 1430. The van der Waals surface area contributed by atoms with Crippen LogP contribution in [0.4, 0.5) is 10.6 Å². The van der Waals surface area contributed by atoms with Gasteiger partial charge in [0.15, 0.2) is 5.78 Å². The molecule has 2 N–H and O–H groups in total. The van der Waals surface area contributed by atoms with Crippen LogP contribution in [0.25, 0.3) is 11.0 Å². The molecule has 2 aromatic carbocycles. The maximum atomic E-state index is 13.6. The molecular formula is C27H26ClN5O4.